The smallest absolute Gasteiger partial charge is 0.119 e. The number of aryl methyl sites for hydroxylation is 1. The van der Waals surface area contributed by atoms with E-state index in [1.54, 1.807) is 19.1 Å². The number of benzene rings is 2. The van der Waals surface area contributed by atoms with Crippen LogP contribution in [0.15, 0.2) is 42.5 Å². The van der Waals surface area contributed by atoms with Crippen LogP contribution in [0.1, 0.15) is 29.2 Å². The first-order valence-corrected chi connectivity index (χ1v) is 9.31. The maximum Gasteiger partial charge on any atom is 0.119 e. The molecule has 1 saturated heterocycles. The van der Waals surface area contributed by atoms with E-state index in [4.69, 9.17) is 16.3 Å². The first-order valence-electron chi connectivity index (χ1n) is 8.93. The summed E-state index contributed by atoms with van der Waals surface area (Å²) >= 11 is 6.37. The van der Waals surface area contributed by atoms with Crippen molar-refractivity contribution in [3.63, 3.8) is 0 Å². The van der Waals surface area contributed by atoms with Gasteiger partial charge in [0, 0.05) is 181 Å². The zero-order chi connectivity index (χ0) is 19.8. The van der Waals surface area contributed by atoms with Crippen molar-refractivity contribution in [2.24, 2.45) is 0 Å². The minimum absolute atomic E-state index is 0. The second-order valence-corrected chi connectivity index (χ2v) is 7.75. The average Bonchev–Trinajstić information content (AvgIpc) is 2.66. The molecule has 1 fully saturated rings. The van der Waals surface area contributed by atoms with Gasteiger partial charge in [0.05, 0.1) is 6.61 Å². The first kappa shape index (κ1) is 37.4. The van der Waals surface area contributed by atoms with Gasteiger partial charge in [-0.15, -0.1) is 0 Å². The number of hydrogen-bond donors (Lipinski definition) is 4. The van der Waals surface area contributed by atoms with Gasteiger partial charge in [-0.1, -0.05) is 53.6 Å². The molecule has 4 N–H and O–H groups in total. The van der Waals surface area contributed by atoms with Gasteiger partial charge in [-0.25, -0.2) is 0 Å². The Hall–Kier alpha value is 4.30. The van der Waals surface area contributed by atoms with Gasteiger partial charge in [0.2, 0.25) is 0 Å². The van der Waals surface area contributed by atoms with E-state index < -0.39 is 36.6 Å². The molecule has 10 heteroatoms. The molecule has 0 bridgehead atoms. The monoisotopic (exact) mass is 1300 g/mol. The standard InChI is InChI=1S/C21H25ClO5.4Ac/c1-12-3-5-13(6-4-12)9-14-10-15(7-8-16(14)22)21(2)20(26)19(25)18(24)17(11-23)27-21;;;;/h3-8,10,17-20,23-26H,9,11H2,1-2H3;;;;/t17-,18-,19+,20-,21?;;;;/m1..../s1. The molecule has 1 aliphatic rings. The Bertz CT molecular complexity index is 809. The zero-order valence-electron chi connectivity index (χ0n) is 17.6. The Labute approximate surface area is 332 Å². The molecule has 2 aromatic rings. The second-order valence-electron chi connectivity index (χ2n) is 7.34. The molecule has 1 heterocycles. The number of halogens is 1. The molecule has 0 spiro atoms. The second kappa shape index (κ2) is 17.0. The van der Waals surface area contributed by atoms with Crippen LogP contribution < -0.4 is 0 Å². The molecule has 0 amide bonds. The van der Waals surface area contributed by atoms with Crippen molar-refractivity contribution < 1.29 is 201 Å². The third kappa shape index (κ3) is 9.22. The summed E-state index contributed by atoms with van der Waals surface area (Å²) in [5, 5.41) is 40.8. The molecular weight excluding hydrogens is 1280 g/mol. The van der Waals surface area contributed by atoms with Crippen LogP contribution in [0, 0.1) is 183 Å². The van der Waals surface area contributed by atoms with Crippen molar-refractivity contribution in [1.29, 1.82) is 0 Å². The Morgan fingerprint density at radius 1 is 0.935 bits per heavy atom. The van der Waals surface area contributed by atoms with E-state index in [1.807, 2.05) is 37.3 Å². The number of ether oxygens (including phenoxy) is 1. The van der Waals surface area contributed by atoms with E-state index in [9.17, 15) is 20.4 Å². The van der Waals surface area contributed by atoms with Gasteiger partial charge in [0.25, 0.3) is 0 Å². The molecule has 1 aliphatic heterocycles. The number of rotatable bonds is 4. The number of hydrogen-bond acceptors (Lipinski definition) is 5. The average molecular weight is 1300 g/mol. The quantitative estimate of drug-likeness (QED) is 0.377. The van der Waals surface area contributed by atoms with Gasteiger partial charge < -0.3 is 25.2 Å². The van der Waals surface area contributed by atoms with Crippen molar-refractivity contribution in [3.8, 4) is 0 Å². The molecule has 5 atom stereocenters. The van der Waals surface area contributed by atoms with Crippen LogP contribution in [0.2, 0.25) is 5.02 Å². The third-order valence-corrected chi connectivity index (χ3v) is 5.70. The Balaban J connectivity index is 0. The Morgan fingerprint density at radius 3 is 2.06 bits per heavy atom. The van der Waals surface area contributed by atoms with Gasteiger partial charge in [0.1, 0.15) is 30.0 Å². The van der Waals surface area contributed by atoms with Crippen LogP contribution in [-0.2, 0) is 16.8 Å². The van der Waals surface area contributed by atoms with Crippen molar-refractivity contribution in [3.05, 3.63) is 69.7 Å². The van der Waals surface area contributed by atoms with Gasteiger partial charge in [-0.2, -0.15) is 0 Å². The first-order chi connectivity index (χ1) is 12.8. The van der Waals surface area contributed by atoms with Crippen LogP contribution in [0.5, 0.6) is 0 Å². The van der Waals surface area contributed by atoms with Crippen molar-refractivity contribution in [1.82, 2.24) is 0 Å². The van der Waals surface area contributed by atoms with Crippen LogP contribution in [0.3, 0.4) is 0 Å². The molecular formula is C21H25Ac4ClO5. The molecule has 4 radical (unpaired) electrons. The minimum atomic E-state index is -1.43. The summed E-state index contributed by atoms with van der Waals surface area (Å²) in [6.07, 6.45) is -4.55. The molecule has 0 aliphatic carbocycles. The SMILES string of the molecule is Cc1ccc(Cc2cc(C3(C)O[C@H](CO)[C@@H](O)[C@H](O)[C@H]3O)ccc2Cl)cc1.[Ac].[Ac].[Ac].[Ac]. The largest absolute Gasteiger partial charge is 0.394 e. The molecule has 0 aromatic heterocycles. The van der Waals surface area contributed by atoms with Crippen molar-refractivity contribution in [2.45, 2.75) is 50.3 Å². The Morgan fingerprint density at radius 2 is 1.52 bits per heavy atom. The van der Waals surface area contributed by atoms with Gasteiger partial charge in [0.15, 0.2) is 0 Å². The van der Waals surface area contributed by atoms with Gasteiger partial charge >= 0.3 is 0 Å². The third-order valence-electron chi connectivity index (χ3n) is 5.33. The summed E-state index contributed by atoms with van der Waals surface area (Å²) in [5.41, 5.74) is 2.45. The summed E-state index contributed by atoms with van der Waals surface area (Å²) in [6.45, 7) is 3.19. The molecule has 158 valence electrons. The molecule has 0 saturated carbocycles. The number of aliphatic hydroxyl groups is 4. The van der Waals surface area contributed by atoms with Crippen molar-refractivity contribution >= 4 is 11.6 Å². The summed E-state index contributed by atoms with van der Waals surface area (Å²) in [4.78, 5) is 0. The summed E-state index contributed by atoms with van der Waals surface area (Å²) in [6, 6.07) is 13.4. The van der Waals surface area contributed by atoms with Gasteiger partial charge in [-0.3, -0.25) is 0 Å². The maximum absolute atomic E-state index is 10.6. The predicted octanol–water partition coefficient (Wildman–Crippen LogP) is 1.93. The molecule has 31 heavy (non-hydrogen) atoms. The van der Waals surface area contributed by atoms with Crippen LogP contribution in [0.25, 0.3) is 0 Å². The van der Waals surface area contributed by atoms with E-state index in [0.717, 1.165) is 11.1 Å². The fraction of sp³-hybridized carbons (Fsp3) is 0.429. The van der Waals surface area contributed by atoms with Crippen molar-refractivity contribution in [2.75, 3.05) is 6.61 Å². The fourth-order valence-corrected chi connectivity index (χ4v) is 3.70. The maximum atomic E-state index is 10.6. The van der Waals surface area contributed by atoms with E-state index in [-0.39, 0.29) is 176 Å². The topological polar surface area (TPSA) is 90.2 Å². The summed E-state index contributed by atoms with van der Waals surface area (Å²) in [7, 11) is 0. The predicted molar refractivity (Wildman–Crippen MR) is 103 cm³/mol. The minimum Gasteiger partial charge on any atom is -0.394 e. The zero-order valence-corrected chi connectivity index (χ0v) is 37.4. The van der Waals surface area contributed by atoms with Crippen LogP contribution >= 0.6 is 11.6 Å². The normalized spacial score (nSPS) is 27.1. The molecule has 5 nitrogen and oxygen atoms in total. The summed E-state index contributed by atoms with van der Waals surface area (Å²) < 4.78 is 5.81. The van der Waals surface area contributed by atoms with Crippen LogP contribution in [-0.4, -0.2) is 51.4 Å². The Kier molecular flexibility index (Phi) is 20.5. The number of aliphatic hydroxyl groups excluding tert-OH is 4. The summed E-state index contributed by atoms with van der Waals surface area (Å²) in [5.74, 6) is 0. The molecule has 3 rings (SSSR count). The van der Waals surface area contributed by atoms with E-state index in [1.165, 1.54) is 5.56 Å². The van der Waals surface area contributed by atoms with E-state index >= 15 is 0 Å². The van der Waals surface area contributed by atoms with E-state index in [0.29, 0.717) is 17.0 Å². The van der Waals surface area contributed by atoms with Crippen LogP contribution in [0.4, 0.5) is 0 Å². The van der Waals surface area contributed by atoms with E-state index in [2.05, 4.69) is 0 Å². The fourth-order valence-electron chi connectivity index (χ4n) is 3.52. The molecule has 1 unspecified atom stereocenters. The van der Waals surface area contributed by atoms with Gasteiger partial charge in [-0.05, 0) is 43.0 Å². The molecule has 2 aromatic carbocycles.